The van der Waals surface area contributed by atoms with Gasteiger partial charge in [0.05, 0.1) is 5.69 Å². The Morgan fingerprint density at radius 3 is 1.81 bits per heavy atom. The molecule has 0 aliphatic heterocycles. The summed E-state index contributed by atoms with van der Waals surface area (Å²) in [6.45, 7) is 8.49. The number of rotatable bonds is 4. The van der Waals surface area contributed by atoms with Gasteiger partial charge in [-0.2, -0.15) is 4.99 Å². The molecule has 2 heteroatoms. The van der Waals surface area contributed by atoms with Gasteiger partial charge in [-0.1, -0.05) is 58.0 Å². The number of aliphatic imine (C=N–C) groups is 1. The Labute approximate surface area is 126 Å². The van der Waals surface area contributed by atoms with E-state index in [1.807, 2.05) is 18.2 Å². The van der Waals surface area contributed by atoms with Crippen molar-refractivity contribution >= 4 is 11.8 Å². The maximum atomic E-state index is 10.8. The van der Waals surface area contributed by atoms with Gasteiger partial charge in [0.25, 0.3) is 0 Å². The Morgan fingerprint density at radius 1 is 0.857 bits per heavy atom. The van der Waals surface area contributed by atoms with E-state index in [1.165, 1.54) is 11.1 Å². The van der Waals surface area contributed by atoms with Crippen molar-refractivity contribution < 1.29 is 4.79 Å². The fourth-order valence-corrected chi connectivity index (χ4v) is 2.53. The van der Waals surface area contributed by atoms with Crippen LogP contribution in [0, 0.1) is 0 Å². The van der Waals surface area contributed by atoms with Crippen LogP contribution in [0.25, 0.3) is 11.1 Å². The zero-order chi connectivity index (χ0) is 15.4. The van der Waals surface area contributed by atoms with Crippen LogP contribution in [-0.4, -0.2) is 6.08 Å². The highest BCUT2D eigenvalue weighted by molar-refractivity contribution is 5.72. The van der Waals surface area contributed by atoms with E-state index in [4.69, 9.17) is 0 Å². The summed E-state index contributed by atoms with van der Waals surface area (Å²) < 4.78 is 0. The number of benzene rings is 2. The summed E-state index contributed by atoms with van der Waals surface area (Å²) in [5.74, 6) is 0.608. The number of hydrogen-bond acceptors (Lipinski definition) is 2. The van der Waals surface area contributed by atoms with E-state index < -0.39 is 0 Å². The quantitative estimate of drug-likeness (QED) is 0.531. The van der Waals surface area contributed by atoms with Gasteiger partial charge in [-0.3, -0.25) is 0 Å². The lowest BCUT2D eigenvalue weighted by atomic mass is 9.88. The average molecular weight is 279 g/mol. The third kappa shape index (κ3) is 3.29. The van der Waals surface area contributed by atoms with E-state index in [1.54, 1.807) is 6.08 Å². The zero-order valence-electron chi connectivity index (χ0n) is 13.1. The minimum Gasteiger partial charge on any atom is -0.211 e. The summed E-state index contributed by atoms with van der Waals surface area (Å²) in [6.07, 6.45) is 1.71. The van der Waals surface area contributed by atoms with Gasteiger partial charge in [-0.15, -0.1) is 0 Å². The van der Waals surface area contributed by atoms with Gasteiger partial charge in [0, 0.05) is 0 Å². The summed E-state index contributed by atoms with van der Waals surface area (Å²) in [5, 5.41) is 0. The molecule has 2 nitrogen and oxygen atoms in total. The first kappa shape index (κ1) is 15.2. The van der Waals surface area contributed by atoms with Crippen LogP contribution in [0.5, 0.6) is 0 Å². The smallest absolute Gasteiger partial charge is 0.211 e. The van der Waals surface area contributed by atoms with E-state index in [2.05, 4.69) is 57.0 Å². The van der Waals surface area contributed by atoms with Crippen molar-refractivity contribution in [3.63, 3.8) is 0 Å². The molecule has 2 aromatic rings. The van der Waals surface area contributed by atoms with Gasteiger partial charge in [-0.25, -0.2) is 4.79 Å². The van der Waals surface area contributed by atoms with E-state index in [9.17, 15) is 4.79 Å². The Balaban J connectivity index is 2.73. The molecule has 0 N–H and O–H groups in total. The third-order valence-corrected chi connectivity index (χ3v) is 3.68. The first-order chi connectivity index (χ1) is 10.0. The first-order valence-electron chi connectivity index (χ1n) is 7.35. The summed E-state index contributed by atoms with van der Waals surface area (Å²) in [5.41, 5.74) is 5.34. The fourth-order valence-electron chi connectivity index (χ4n) is 2.53. The van der Waals surface area contributed by atoms with Crippen molar-refractivity contribution in [2.45, 2.75) is 39.5 Å². The maximum absolute atomic E-state index is 10.8. The fraction of sp³-hybridized carbons (Fsp3) is 0.316. The molecule has 0 saturated carbocycles. The summed E-state index contributed by atoms with van der Waals surface area (Å²) >= 11 is 0. The van der Waals surface area contributed by atoms with Crippen LogP contribution in [0.1, 0.15) is 50.7 Å². The van der Waals surface area contributed by atoms with Crippen molar-refractivity contribution in [3.8, 4) is 11.1 Å². The normalized spacial score (nSPS) is 10.8. The molecule has 0 aliphatic carbocycles. The summed E-state index contributed by atoms with van der Waals surface area (Å²) in [7, 11) is 0. The Morgan fingerprint density at radius 2 is 1.38 bits per heavy atom. The monoisotopic (exact) mass is 279 g/mol. The molecular weight excluding hydrogens is 258 g/mol. The van der Waals surface area contributed by atoms with Crippen molar-refractivity contribution in [1.29, 1.82) is 0 Å². The van der Waals surface area contributed by atoms with Crippen LogP contribution in [0.15, 0.2) is 47.5 Å². The molecular formula is C19H21NO. The minimum atomic E-state index is 0.304. The number of hydrogen-bond donors (Lipinski definition) is 0. The van der Waals surface area contributed by atoms with Crippen molar-refractivity contribution in [1.82, 2.24) is 0 Å². The predicted octanol–water partition coefficient (Wildman–Crippen LogP) is 5.57. The minimum absolute atomic E-state index is 0.304. The number of nitrogens with zero attached hydrogens (tertiary/aromatic N) is 1. The van der Waals surface area contributed by atoms with Crippen LogP contribution in [-0.2, 0) is 4.79 Å². The summed E-state index contributed by atoms with van der Waals surface area (Å²) in [4.78, 5) is 14.8. The maximum Gasteiger partial charge on any atom is 0.240 e. The van der Waals surface area contributed by atoms with E-state index in [0.29, 0.717) is 11.8 Å². The van der Waals surface area contributed by atoms with Gasteiger partial charge in [-0.05, 0) is 46.2 Å². The van der Waals surface area contributed by atoms with Crippen molar-refractivity contribution in [2.75, 3.05) is 0 Å². The second kappa shape index (κ2) is 6.51. The number of isocyanates is 1. The predicted molar refractivity (Wildman–Crippen MR) is 87.8 cm³/mol. The Hall–Kier alpha value is -2.18. The molecule has 0 aliphatic rings. The molecule has 0 radical (unpaired) electrons. The van der Waals surface area contributed by atoms with Gasteiger partial charge >= 0.3 is 0 Å². The zero-order valence-corrected chi connectivity index (χ0v) is 13.1. The molecule has 0 bridgehead atoms. The SMILES string of the molecule is CC(C)c1cc(-c2ccccc2)cc(C(C)C)c1N=C=O. The number of carbonyl (C=O) groups excluding carboxylic acids is 1. The standard InChI is InChI=1S/C19H21NO/c1-13(2)17-10-16(15-8-6-5-7-9-15)11-18(14(3)4)19(17)20-12-21/h5-11,13-14H,1-4H3. The highest BCUT2D eigenvalue weighted by Crippen LogP contribution is 2.38. The van der Waals surface area contributed by atoms with Crippen LogP contribution in [0.3, 0.4) is 0 Å². The highest BCUT2D eigenvalue weighted by atomic mass is 16.1. The first-order valence-corrected chi connectivity index (χ1v) is 7.35. The topological polar surface area (TPSA) is 29.4 Å². The van der Waals surface area contributed by atoms with Crippen LogP contribution < -0.4 is 0 Å². The highest BCUT2D eigenvalue weighted by Gasteiger charge is 2.16. The summed E-state index contributed by atoms with van der Waals surface area (Å²) in [6, 6.07) is 14.6. The van der Waals surface area contributed by atoms with Gasteiger partial charge < -0.3 is 0 Å². The lowest BCUT2D eigenvalue weighted by Crippen LogP contribution is -1.97. The van der Waals surface area contributed by atoms with E-state index >= 15 is 0 Å². The van der Waals surface area contributed by atoms with Gasteiger partial charge in [0.2, 0.25) is 6.08 Å². The average Bonchev–Trinajstić information content (AvgIpc) is 2.48. The van der Waals surface area contributed by atoms with Gasteiger partial charge in [0.1, 0.15) is 0 Å². The lowest BCUT2D eigenvalue weighted by Gasteiger charge is -2.18. The molecule has 0 aromatic heterocycles. The molecule has 0 atom stereocenters. The molecule has 0 saturated heterocycles. The molecule has 108 valence electrons. The van der Waals surface area contributed by atoms with Crippen LogP contribution in [0.2, 0.25) is 0 Å². The van der Waals surface area contributed by atoms with E-state index in [0.717, 1.165) is 16.8 Å². The molecule has 2 aromatic carbocycles. The Kier molecular flexibility index (Phi) is 4.72. The lowest BCUT2D eigenvalue weighted by molar-refractivity contribution is 0.565. The molecule has 0 fully saturated rings. The molecule has 0 spiro atoms. The second-order valence-electron chi connectivity index (χ2n) is 5.88. The largest absolute Gasteiger partial charge is 0.240 e. The molecule has 0 heterocycles. The van der Waals surface area contributed by atoms with Gasteiger partial charge in [0.15, 0.2) is 0 Å². The third-order valence-electron chi connectivity index (χ3n) is 3.68. The molecule has 2 rings (SSSR count). The molecule has 0 unspecified atom stereocenters. The van der Waals surface area contributed by atoms with E-state index in [-0.39, 0.29) is 0 Å². The van der Waals surface area contributed by atoms with Crippen LogP contribution in [0.4, 0.5) is 5.69 Å². The second-order valence-corrected chi connectivity index (χ2v) is 5.88. The van der Waals surface area contributed by atoms with Crippen molar-refractivity contribution in [3.05, 3.63) is 53.6 Å². The van der Waals surface area contributed by atoms with Crippen molar-refractivity contribution in [2.24, 2.45) is 4.99 Å². The molecule has 0 amide bonds. The molecule has 21 heavy (non-hydrogen) atoms. The Bertz CT molecular complexity index is 636. The van der Waals surface area contributed by atoms with Crippen LogP contribution >= 0.6 is 0 Å².